The minimum Gasteiger partial charge on any atom is -0.439 e. The van der Waals surface area contributed by atoms with Crippen molar-refractivity contribution in [1.82, 2.24) is 9.88 Å². The fourth-order valence-corrected chi connectivity index (χ4v) is 4.10. The number of carbonyl (C=O) groups excluding carboxylic acids is 1. The molecule has 0 unspecified atom stereocenters. The molecule has 12 heteroatoms. The Hall–Kier alpha value is -2.70. The third-order valence-electron chi connectivity index (χ3n) is 4.04. The Morgan fingerprint density at radius 2 is 1.80 bits per heavy atom. The number of sulfonamides is 1. The lowest BCUT2D eigenvalue weighted by atomic mass is 10.2. The van der Waals surface area contributed by atoms with Gasteiger partial charge in [0.15, 0.2) is 0 Å². The van der Waals surface area contributed by atoms with E-state index in [-0.39, 0.29) is 25.4 Å². The van der Waals surface area contributed by atoms with Crippen molar-refractivity contribution in [3.8, 4) is 11.6 Å². The van der Waals surface area contributed by atoms with E-state index in [4.69, 9.17) is 8.92 Å². The molecule has 1 saturated heterocycles. The SMILES string of the molecule is CS(=O)(=O)Nc1ccc(Oc2ccc(CN3C[C@@H](OS(C)(=O)=O)CC3=O)cn2)cc1. The number of pyridine rings is 1. The van der Waals surface area contributed by atoms with Crippen molar-refractivity contribution >= 4 is 31.7 Å². The Morgan fingerprint density at radius 1 is 1.10 bits per heavy atom. The standard InChI is InChI=1S/C18H21N3O7S2/c1-29(23,24)20-14-4-6-15(7-5-14)27-17-8-3-13(10-19-17)11-21-12-16(9-18(21)22)28-30(2,25)26/h3-8,10,16,20H,9,11-12H2,1-2H3/t16-/m0/s1. The quantitative estimate of drug-likeness (QED) is 0.590. The number of amides is 1. The summed E-state index contributed by atoms with van der Waals surface area (Å²) < 4.78 is 57.8. The summed E-state index contributed by atoms with van der Waals surface area (Å²) in [6, 6.07) is 9.74. The van der Waals surface area contributed by atoms with Crippen LogP contribution >= 0.6 is 0 Å². The summed E-state index contributed by atoms with van der Waals surface area (Å²) >= 11 is 0. The fraction of sp³-hybridized carbons (Fsp3) is 0.333. The Kier molecular flexibility index (Phi) is 6.29. The predicted octanol–water partition coefficient (Wildman–Crippen LogP) is 1.32. The molecular formula is C18H21N3O7S2. The number of rotatable bonds is 8. The average Bonchev–Trinajstić information content (AvgIpc) is 2.94. The van der Waals surface area contributed by atoms with Gasteiger partial charge in [0.25, 0.3) is 10.1 Å². The van der Waals surface area contributed by atoms with Gasteiger partial charge in [-0.15, -0.1) is 0 Å². The monoisotopic (exact) mass is 455 g/mol. The van der Waals surface area contributed by atoms with E-state index in [2.05, 4.69) is 9.71 Å². The van der Waals surface area contributed by atoms with Gasteiger partial charge in [-0.1, -0.05) is 6.07 Å². The van der Waals surface area contributed by atoms with Gasteiger partial charge in [-0.25, -0.2) is 13.4 Å². The lowest BCUT2D eigenvalue weighted by Crippen LogP contribution is -2.26. The Morgan fingerprint density at radius 3 is 2.37 bits per heavy atom. The highest BCUT2D eigenvalue weighted by atomic mass is 32.2. The third kappa shape index (κ3) is 6.68. The van der Waals surface area contributed by atoms with Crippen LogP contribution in [-0.2, 0) is 35.7 Å². The lowest BCUT2D eigenvalue weighted by molar-refractivity contribution is -0.128. The summed E-state index contributed by atoms with van der Waals surface area (Å²) in [5.41, 5.74) is 1.17. The molecule has 1 atom stereocenters. The number of carbonyl (C=O) groups is 1. The van der Waals surface area contributed by atoms with Crippen LogP contribution in [0, 0.1) is 0 Å². The Balaban J connectivity index is 1.57. The smallest absolute Gasteiger partial charge is 0.264 e. The predicted molar refractivity (Wildman–Crippen MR) is 109 cm³/mol. The zero-order valence-corrected chi connectivity index (χ0v) is 17.9. The Bertz CT molecular complexity index is 1120. The van der Waals surface area contributed by atoms with Crippen LogP contribution in [0.15, 0.2) is 42.6 Å². The van der Waals surface area contributed by atoms with Gasteiger partial charge >= 0.3 is 0 Å². The average molecular weight is 456 g/mol. The minimum absolute atomic E-state index is 0.0197. The molecule has 0 aliphatic carbocycles. The molecule has 1 aliphatic heterocycles. The lowest BCUT2D eigenvalue weighted by Gasteiger charge is -2.16. The van der Waals surface area contributed by atoms with Crippen LogP contribution in [-0.4, -0.2) is 57.8 Å². The maximum absolute atomic E-state index is 12.1. The van der Waals surface area contributed by atoms with Gasteiger partial charge in [0, 0.05) is 31.0 Å². The molecule has 10 nitrogen and oxygen atoms in total. The molecule has 30 heavy (non-hydrogen) atoms. The number of likely N-dealkylation sites (tertiary alicyclic amines) is 1. The molecule has 1 amide bonds. The van der Waals surface area contributed by atoms with E-state index in [9.17, 15) is 21.6 Å². The normalized spacial score (nSPS) is 17.2. The molecule has 1 aromatic carbocycles. The molecule has 1 fully saturated rings. The van der Waals surface area contributed by atoms with Gasteiger partial charge in [0.2, 0.25) is 21.8 Å². The van der Waals surface area contributed by atoms with Crippen LogP contribution in [0.4, 0.5) is 5.69 Å². The maximum atomic E-state index is 12.1. The second-order valence-corrected chi connectivity index (χ2v) is 10.3. The molecule has 2 aromatic rings. The minimum atomic E-state index is -3.62. The van der Waals surface area contributed by atoms with Crippen molar-refractivity contribution < 1.29 is 30.6 Å². The highest BCUT2D eigenvalue weighted by molar-refractivity contribution is 7.92. The molecule has 0 saturated carbocycles. The molecule has 1 aliphatic rings. The maximum Gasteiger partial charge on any atom is 0.264 e. The van der Waals surface area contributed by atoms with Gasteiger partial charge in [0.1, 0.15) is 11.9 Å². The molecule has 0 radical (unpaired) electrons. The summed E-state index contributed by atoms with van der Waals surface area (Å²) in [5, 5.41) is 0. The number of anilines is 1. The first kappa shape index (κ1) is 22.0. The van der Waals surface area contributed by atoms with E-state index in [0.717, 1.165) is 18.1 Å². The Labute approximate surface area is 175 Å². The fourth-order valence-electron chi connectivity index (χ4n) is 2.91. The zero-order valence-electron chi connectivity index (χ0n) is 16.3. The topological polar surface area (TPSA) is 132 Å². The number of benzene rings is 1. The molecule has 162 valence electrons. The van der Waals surface area contributed by atoms with E-state index < -0.39 is 26.2 Å². The van der Waals surface area contributed by atoms with Gasteiger partial charge in [0.05, 0.1) is 18.9 Å². The van der Waals surface area contributed by atoms with Crippen LogP contribution in [0.3, 0.4) is 0 Å². The first-order valence-corrected chi connectivity index (χ1v) is 12.5. The second kappa shape index (κ2) is 8.58. The van der Waals surface area contributed by atoms with Gasteiger partial charge in [-0.05, 0) is 29.8 Å². The summed E-state index contributed by atoms with van der Waals surface area (Å²) in [7, 11) is -6.97. The zero-order chi connectivity index (χ0) is 21.9. The van der Waals surface area contributed by atoms with Crippen LogP contribution in [0.5, 0.6) is 11.6 Å². The van der Waals surface area contributed by atoms with Crippen LogP contribution in [0.25, 0.3) is 0 Å². The van der Waals surface area contributed by atoms with Crippen LogP contribution < -0.4 is 9.46 Å². The van der Waals surface area contributed by atoms with Gasteiger partial charge in [-0.3, -0.25) is 13.7 Å². The second-order valence-electron chi connectivity index (χ2n) is 6.91. The summed E-state index contributed by atoms with van der Waals surface area (Å²) in [6.07, 6.45) is 2.93. The van der Waals surface area contributed by atoms with Crippen molar-refractivity contribution in [2.45, 2.75) is 19.1 Å². The van der Waals surface area contributed by atoms with Crippen molar-refractivity contribution in [3.63, 3.8) is 0 Å². The number of hydrogen-bond donors (Lipinski definition) is 1. The molecule has 3 rings (SSSR count). The van der Waals surface area contributed by atoms with Crippen molar-refractivity contribution in [2.75, 3.05) is 23.8 Å². The van der Waals surface area contributed by atoms with Crippen molar-refractivity contribution in [1.29, 1.82) is 0 Å². The van der Waals surface area contributed by atoms with E-state index >= 15 is 0 Å². The molecule has 0 bridgehead atoms. The van der Waals surface area contributed by atoms with E-state index in [1.165, 1.54) is 4.90 Å². The van der Waals surface area contributed by atoms with E-state index in [1.54, 1.807) is 42.6 Å². The van der Waals surface area contributed by atoms with E-state index in [1.807, 2.05) is 0 Å². The summed E-state index contributed by atoms with van der Waals surface area (Å²) in [6.45, 7) is 0.472. The highest BCUT2D eigenvalue weighted by Crippen LogP contribution is 2.23. The largest absolute Gasteiger partial charge is 0.439 e. The van der Waals surface area contributed by atoms with Crippen LogP contribution in [0.2, 0.25) is 0 Å². The molecule has 1 N–H and O–H groups in total. The first-order valence-electron chi connectivity index (χ1n) is 8.83. The van der Waals surface area contributed by atoms with Gasteiger partial charge in [-0.2, -0.15) is 8.42 Å². The highest BCUT2D eigenvalue weighted by Gasteiger charge is 2.32. The molecule has 0 spiro atoms. The van der Waals surface area contributed by atoms with Crippen LogP contribution in [0.1, 0.15) is 12.0 Å². The van der Waals surface area contributed by atoms with Crippen molar-refractivity contribution in [2.24, 2.45) is 0 Å². The van der Waals surface area contributed by atoms with E-state index in [0.29, 0.717) is 17.3 Å². The molecule has 2 heterocycles. The number of nitrogens with zero attached hydrogens (tertiary/aromatic N) is 2. The summed E-state index contributed by atoms with van der Waals surface area (Å²) in [5.74, 6) is 0.616. The first-order chi connectivity index (χ1) is 14.0. The third-order valence-corrected chi connectivity index (χ3v) is 5.27. The summed E-state index contributed by atoms with van der Waals surface area (Å²) in [4.78, 5) is 17.8. The van der Waals surface area contributed by atoms with Crippen molar-refractivity contribution in [3.05, 3.63) is 48.2 Å². The molecular weight excluding hydrogens is 434 g/mol. The number of ether oxygens (including phenoxy) is 1. The number of aromatic nitrogens is 1. The number of nitrogens with one attached hydrogen (secondary N) is 1. The number of hydrogen-bond acceptors (Lipinski definition) is 8. The molecule has 1 aromatic heterocycles. The van der Waals surface area contributed by atoms with Gasteiger partial charge < -0.3 is 9.64 Å².